The molecule has 1 atom stereocenters. The standard InChI is InChI=1S/C10H9F3O2/c1-9(11,10(12,13)7-14)15-8-5-3-2-4-6-8/h2-7H,1H3. The largest absolute Gasteiger partial charge is 0.452 e. The molecular weight excluding hydrogens is 209 g/mol. The Labute approximate surface area is 84.7 Å². The molecule has 15 heavy (non-hydrogen) atoms. The Morgan fingerprint density at radius 3 is 2.20 bits per heavy atom. The normalized spacial score (nSPS) is 15.5. The molecule has 0 saturated heterocycles. The van der Waals surface area contributed by atoms with E-state index in [2.05, 4.69) is 4.74 Å². The number of rotatable bonds is 4. The lowest BCUT2D eigenvalue weighted by Gasteiger charge is -2.26. The lowest BCUT2D eigenvalue weighted by molar-refractivity contribution is -0.211. The van der Waals surface area contributed by atoms with Crippen molar-refractivity contribution >= 4 is 6.29 Å². The number of carbonyl (C=O) groups excluding carboxylic acids is 1. The van der Waals surface area contributed by atoms with Crippen LogP contribution in [0, 0.1) is 0 Å². The van der Waals surface area contributed by atoms with Crippen molar-refractivity contribution in [3.8, 4) is 5.75 Å². The third kappa shape index (κ3) is 2.49. The fraction of sp³-hybridized carbons (Fsp3) is 0.300. The van der Waals surface area contributed by atoms with E-state index in [-0.39, 0.29) is 5.75 Å². The fourth-order valence-electron chi connectivity index (χ4n) is 0.883. The molecule has 2 nitrogen and oxygen atoms in total. The highest BCUT2D eigenvalue weighted by molar-refractivity contribution is 5.61. The van der Waals surface area contributed by atoms with Crippen molar-refractivity contribution in [3.05, 3.63) is 30.3 Å². The van der Waals surface area contributed by atoms with Crippen LogP contribution in [-0.2, 0) is 4.79 Å². The van der Waals surface area contributed by atoms with Crippen molar-refractivity contribution in [2.24, 2.45) is 0 Å². The number of para-hydroxylation sites is 1. The smallest absolute Gasteiger partial charge is 0.370 e. The molecule has 0 N–H and O–H groups in total. The Morgan fingerprint density at radius 2 is 1.73 bits per heavy atom. The van der Waals surface area contributed by atoms with E-state index < -0.39 is 18.1 Å². The summed E-state index contributed by atoms with van der Waals surface area (Å²) >= 11 is 0. The number of halogens is 3. The van der Waals surface area contributed by atoms with Crippen LogP contribution in [0.15, 0.2) is 30.3 Å². The van der Waals surface area contributed by atoms with Gasteiger partial charge in [0.1, 0.15) is 5.75 Å². The van der Waals surface area contributed by atoms with Crippen LogP contribution < -0.4 is 4.74 Å². The summed E-state index contributed by atoms with van der Waals surface area (Å²) in [6, 6.07) is 7.27. The van der Waals surface area contributed by atoms with E-state index in [4.69, 9.17) is 0 Å². The molecule has 1 aromatic rings. The number of hydrogen-bond donors (Lipinski definition) is 0. The minimum atomic E-state index is -4.18. The first kappa shape index (κ1) is 11.6. The van der Waals surface area contributed by atoms with Crippen molar-refractivity contribution in [1.82, 2.24) is 0 Å². The minimum Gasteiger partial charge on any atom is -0.452 e. The molecule has 5 heteroatoms. The van der Waals surface area contributed by atoms with Crippen molar-refractivity contribution in [3.63, 3.8) is 0 Å². The van der Waals surface area contributed by atoms with E-state index >= 15 is 0 Å². The third-order valence-electron chi connectivity index (χ3n) is 1.80. The maximum atomic E-state index is 13.4. The van der Waals surface area contributed by atoms with Crippen LogP contribution >= 0.6 is 0 Å². The van der Waals surface area contributed by atoms with Crippen molar-refractivity contribution in [2.75, 3.05) is 0 Å². The number of aldehydes is 1. The van der Waals surface area contributed by atoms with E-state index in [1.54, 1.807) is 6.07 Å². The van der Waals surface area contributed by atoms with Crippen LogP contribution in [0.1, 0.15) is 6.92 Å². The van der Waals surface area contributed by atoms with Gasteiger partial charge in [-0.3, -0.25) is 4.79 Å². The molecule has 0 saturated carbocycles. The molecule has 1 unspecified atom stereocenters. The maximum Gasteiger partial charge on any atom is 0.370 e. The number of hydrogen-bond acceptors (Lipinski definition) is 2. The summed E-state index contributed by atoms with van der Waals surface area (Å²) in [7, 11) is 0. The average molecular weight is 218 g/mol. The van der Waals surface area contributed by atoms with Gasteiger partial charge in [-0.15, -0.1) is 0 Å². The van der Waals surface area contributed by atoms with E-state index in [1.807, 2.05) is 0 Å². The van der Waals surface area contributed by atoms with E-state index in [0.29, 0.717) is 6.92 Å². The Kier molecular flexibility index (Phi) is 3.02. The van der Waals surface area contributed by atoms with Gasteiger partial charge in [0.05, 0.1) is 0 Å². The summed E-state index contributed by atoms with van der Waals surface area (Å²) in [5, 5.41) is 0. The van der Waals surface area contributed by atoms with Crippen molar-refractivity contribution in [2.45, 2.75) is 18.7 Å². The highest BCUT2D eigenvalue weighted by Gasteiger charge is 2.54. The predicted octanol–water partition coefficient (Wildman–Crippen LogP) is 2.59. The third-order valence-corrected chi connectivity index (χ3v) is 1.80. The summed E-state index contributed by atoms with van der Waals surface area (Å²) < 4.78 is 43.3. The van der Waals surface area contributed by atoms with Gasteiger partial charge < -0.3 is 4.74 Å². The molecule has 0 aromatic heterocycles. The molecule has 0 amide bonds. The summed E-state index contributed by atoms with van der Waals surface area (Å²) in [5.74, 6) is -7.59. The van der Waals surface area contributed by atoms with Crippen LogP contribution in [0.3, 0.4) is 0 Å². The molecule has 0 fully saturated rings. The molecule has 0 aliphatic carbocycles. The maximum absolute atomic E-state index is 13.4. The van der Waals surface area contributed by atoms with Crippen LogP contribution in [0.2, 0.25) is 0 Å². The molecule has 0 aliphatic heterocycles. The van der Waals surface area contributed by atoms with Gasteiger partial charge in [-0.25, -0.2) is 0 Å². The summed E-state index contributed by atoms with van der Waals surface area (Å²) in [5.41, 5.74) is 0. The number of ether oxygens (including phenoxy) is 1. The number of carbonyl (C=O) groups is 1. The molecule has 1 rings (SSSR count). The topological polar surface area (TPSA) is 26.3 Å². The molecule has 0 aliphatic rings. The highest BCUT2D eigenvalue weighted by Crippen LogP contribution is 2.32. The summed E-state index contributed by atoms with van der Waals surface area (Å²) in [4.78, 5) is 9.99. The van der Waals surface area contributed by atoms with Crippen LogP contribution in [0.25, 0.3) is 0 Å². The predicted molar refractivity (Wildman–Crippen MR) is 47.6 cm³/mol. The molecule has 0 heterocycles. The zero-order chi connectivity index (χ0) is 11.5. The van der Waals surface area contributed by atoms with Crippen LogP contribution in [0.4, 0.5) is 13.2 Å². The summed E-state index contributed by atoms with van der Waals surface area (Å²) in [6.45, 7) is 0.508. The summed E-state index contributed by atoms with van der Waals surface area (Å²) in [6.07, 6.45) is -0.768. The molecule has 0 radical (unpaired) electrons. The van der Waals surface area contributed by atoms with Gasteiger partial charge in [0.15, 0.2) is 6.29 Å². The quantitative estimate of drug-likeness (QED) is 0.726. The van der Waals surface area contributed by atoms with Gasteiger partial charge in [-0.05, 0) is 12.1 Å². The second kappa shape index (κ2) is 3.92. The first-order valence-corrected chi connectivity index (χ1v) is 4.16. The second-order valence-electron chi connectivity index (χ2n) is 3.07. The van der Waals surface area contributed by atoms with Crippen LogP contribution in [0.5, 0.6) is 5.75 Å². The van der Waals surface area contributed by atoms with Crippen molar-refractivity contribution < 1.29 is 22.7 Å². The van der Waals surface area contributed by atoms with Gasteiger partial charge in [0, 0.05) is 6.92 Å². The molecule has 1 aromatic carbocycles. The Morgan fingerprint density at radius 1 is 1.20 bits per heavy atom. The molecule has 0 spiro atoms. The van der Waals surface area contributed by atoms with Crippen LogP contribution in [-0.4, -0.2) is 18.1 Å². The molecular formula is C10H9F3O2. The number of alkyl halides is 3. The highest BCUT2D eigenvalue weighted by atomic mass is 19.3. The lowest BCUT2D eigenvalue weighted by atomic mass is 10.2. The van der Waals surface area contributed by atoms with E-state index in [9.17, 15) is 18.0 Å². The van der Waals surface area contributed by atoms with E-state index in [0.717, 1.165) is 0 Å². The zero-order valence-corrected chi connectivity index (χ0v) is 7.91. The second-order valence-corrected chi connectivity index (χ2v) is 3.07. The monoisotopic (exact) mass is 218 g/mol. The fourth-order valence-corrected chi connectivity index (χ4v) is 0.883. The Bertz CT molecular complexity index is 336. The first-order chi connectivity index (χ1) is 6.89. The number of benzene rings is 1. The Balaban J connectivity index is 2.86. The van der Waals surface area contributed by atoms with Crippen molar-refractivity contribution in [1.29, 1.82) is 0 Å². The van der Waals surface area contributed by atoms with Gasteiger partial charge in [-0.2, -0.15) is 13.2 Å². The SMILES string of the molecule is CC(F)(Oc1ccccc1)C(F)(F)C=O. The van der Waals surface area contributed by atoms with Gasteiger partial charge in [0.2, 0.25) is 0 Å². The van der Waals surface area contributed by atoms with Gasteiger partial charge in [0.25, 0.3) is 0 Å². The van der Waals surface area contributed by atoms with Gasteiger partial charge in [-0.1, -0.05) is 18.2 Å². The molecule has 82 valence electrons. The minimum absolute atomic E-state index is 0.0657. The van der Waals surface area contributed by atoms with Gasteiger partial charge >= 0.3 is 11.8 Å². The average Bonchev–Trinajstić information content (AvgIpc) is 2.18. The zero-order valence-electron chi connectivity index (χ0n) is 7.91. The Hall–Kier alpha value is -1.52. The van der Waals surface area contributed by atoms with E-state index in [1.165, 1.54) is 24.3 Å². The first-order valence-electron chi connectivity index (χ1n) is 4.16. The molecule has 0 bridgehead atoms. The lowest BCUT2D eigenvalue weighted by Crippen LogP contribution is -2.47.